The van der Waals surface area contributed by atoms with Crippen LogP contribution in [-0.2, 0) is 5.41 Å². The van der Waals surface area contributed by atoms with Crippen molar-refractivity contribution in [3.05, 3.63) is 203 Å². The molecule has 2 fully saturated rings. The van der Waals surface area contributed by atoms with E-state index in [9.17, 15) is 0 Å². The Bertz CT molecular complexity index is 3520. The van der Waals surface area contributed by atoms with E-state index in [-0.39, 0.29) is 11.5 Å². The predicted molar refractivity (Wildman–Crippen MR) is 272 cm³/mol. The molecule has 2 unspecified atom stereocenters. The molecule has 3 atom stereocenters. The Morgan fingerprint density at radius 2 is 1.35 bits per heavy atom. The number of rotatable bonds is 8. The van der Waals surface area contributed by atoms with Gasteiger partial charge in [0.15, 0.2) is 5.58 Å². The maximum Gasteiger partial charge on any atom is 0.159 e. The Morgan fingerprint density at radius 3 is 2.14 bits per heavy atom. The fraction of sp³-hybridized carbons (Fsp3) is 0.226. The van der Waals surface area contributed by atoms with Crippen molar-refractivity contribution >= 4 is 72.9 Å². The first-order chi connectivity index (χ1) is 32.6. The molecule has 2 heterocycles. The second-order valence-electron chi connectivity index (χ2n) is 19.8. The van der Waals surface area contributed by atoms with Gasteiger partial charge in [-0.05, 0) is 127 Å². The SMILES string of the molecule is CC12C=CC=CCC1Oc1c(N(c3ccccc3)c3cc(C4CCC4)c4ccc5c6c4c3=CC[C@H]6C(C3CCC3)=CC=5N(c3ccccc3)c3cccc4c3oc3ccccc34)cccc12. The highest BCUT2D eigenvalue weighted by atomic mass is 16.5. The van der Waals surface area contributed by atoms with Crippen LogP contribution < -0.4 is 25.0 Å². The number of hydrogen-bond acceptors (Lipinski definition) is 4. The summed E-state index contributed by atoms with van der Waals surface area (Å²) in [6.45, 7) is 2.35. The van der Waals surface area contributed by atoms with Gasteiger partial charge in [-0.2, -0.15) is 0 Å². The average molecular weight is 857 g/mol. The lowest BCUT2D eigenvalue weighted by atomic mass is 9.67. The van der Waals surface area contributed by atoms with Crippen LogP contribution in [0.3, 0.4) is 0 Å². The average Bonchev–Trinajstić information content (AvgIpc) is 3.77. The van der Waals surface area contributed by atoms with E-state index in [0.717, 1.165) is 63.3 Å². The molecule has 0 radical (unpaired) electrons. The molecule has 66 heavy (non-hydrogen) atoms. The molecule has 0 saturated heterocycles. The van der Waals surface area contributed by atoms with Crippen LogP contribution in [0.15, 0.2) is 180 Å². The van der Waals surface area contributed by atoms with Crippen LogP contribution in [0.2, 0.25) is 0 Å². The summed E-state index contributed by atoms with van der Waals surface area (Å²) in [5.74, 6) is 2.41. The van der Waals surface area contributed by atoms with Crippen molar-refractivity contribution in [1.82, 2.24) is 0 Å². The summed E-state index contributed by atoms with van der Waals surface area (Å²) in [6, 6.07) is 51.6. The lowest BCUT2D eigenvalue weighted by Crippen LogP contribution is -2.35. The molecular weight excluding hydrogens is 805 g/mol. The minimum atomic E-state index is -0.224. The van der Waals surface area contributed by atoms with Gasteiger partial charge in [0.05, 0.1) is 28.2 Å². The molecule has 0 spiro atoms. The van der Waals surface area contributed by atoms with Gasteiger partial charge in [-0.25, -0.2) is 0 Å². The normalized spacial score (nSPS) is 21.7. The molecule has 2 saturated carbocycles. The Balaban J connectivity index is 1.08. The Morgan fingerprint density at radius 1 is 0.621 bits per heavy atom. The molecule has 14 rings (SSSR count). The number of para-hydroxylation sites is 5. The summed E-state index contributed by atoms with van der Waals surface area (Å²) in [4.78, 5) is 5.06. The lowest BCUT2D eigenvalue weighted by molar-refractivity contribution is 0.185. The van der Waals surface area contributed by atoms with Gasteiger partial charge in [0, 0.05) is 50.5 Å². The molecule has 6 aliphatic rings. The number of ether oxygens (including phenoxy) is 1. The lowest BCUT2D eigenvalue weighted by Gasteiger charge is -2.40. The number of benzene rings is 7. The van der Waals surface area contributed by atoms with Crippen LogP contribution in [0.4, 0.5) is 28.4 Å². The number of fused-ring (bicyclic) bond motifs is 6. The van der Waals surface area contributed by atoms with Crippen molar-refractivity contribution in [2.24, 2.45) is 5.92 Å². The minimum absolute atomic E-state index is 0.0322. The first kappa shape index (κ1) is 38.3. The quantitative estimate of drug-likeness (QED) is 0.152. The van der Waals surface area contributed by atoms with E-state index in [4.69, 9.17) is 9.15 Å². The fourth-order valence-corrected chi connectivity index (χ4v) is 12.5. The molecule has 1 aliphatic heterocycles. The van der Waals surface area contributed by atoms with Crippen molar-refractivity contribution in [1.29, 1.82) is 0 Å². The summed E-state index contributed by atoms with van der Waals surface area (Å²) in [7, 11) is 0. The van der Waals surface area contributed by atoms with Gasteiger partial charge in [-0.3, -0.25) is 0 Å². The van der Waals surface area contributed by atoms with Crippen molar-refractivity contribution in [3.8, 4) is 5.75 Å². The zero-order chi connectivity index (χ0) is 43.5. The third kappa shape index (κ3) is 5.57. The van der Waals surface area contributed by atoms with Gasteiger partial charge in [-0.15, -0.1) is 0 Å². The second kappa shape index (κ2) is 14.7. The van der Waals surface area contributed by atoms with Gasteiger partial charge in [-0.1, -0.05) is 140 Å². The van der Waals surface area contributed by atoms with E-state index in [1.165, 1.54) is 87.8 Å². The van der Waals surface area contributed by atoms with E-state index >= 15 is 0 Å². The van der Waals surface area contributed by atoms with E-state index in [1.54, 1.807) is 5.57 Å². The topological polar surface area (TPSA) is 28.9 Å². The van der Waals surface area contributed by atoms with Crippen molar-refractivity contribution < 1.29 is 9.15 Å². The van der Waals surface area contributed by atoms with Crippen LogP contribution >= 0.6 is 0 Å². The molecule has 322 valence electrons. The molecule has 8 aromatic rings. The van der Waals surface area contributed by atoms with E-state index in [1.807, 2.05) is 0 Å². The van der Waals surface area contributed by atoms with Gasteiger partial charge in [0.2, 0.25) is 0 Å². The van der Waals surface area contributed by atoms with Crippen LogP contribution in [0.25, 0.3) is 44.5 Å². The smallest absolute Gasteiger partial charge is 0.159 e. The molecular formula is C62H52N2O2. The van der Waals surface area contributed by atoms with Crippen LogP contribution in [0.5, 0.6) is 5.75 Å². The molecule has 0 amide bonds. The second-order valence-corrected chi connectivity index (χ2v) is 19.8. The Kier molecular flexibility index (Phi) is 8.54. The minimum Gasteiger partial charge on any atom is -0.486 e. The molecule has 7 aromatic carbocycles. The summed E-state index contributed by atoms with van der Waals surface area (Å²) in [6.07, 6.45) is 23.6. The number of allylic oxidation sites excluding steroid dienone is 3. The molecule has 0 N–H and O–H groups in total. The summed E-state index contributed by atoms with van der Waals surface area (Å²) in [5.41, 5.74) is 14.4. The summed E-state index contributed by atoms with van der Waals surface area (Å²) >= 11 is 0. The molecule has 4 nitrogen and oxygen atoms in total. The molecule has 1 aromatic heterocycles. The van der Waals surface area contributed by atoms with E-state index in [0.29, 0.717) is 17.8 Å². The highest BCUT2D eigenvalue weighted by molar-refractivity contribution is 6.11. The number of nitrogens with zero attached hydrogens (tertiary/aromatic N) is 2. The largest absolute Gasteiger partial charge is 0.486 e. The standard InChI is InChI=1S/C62H52N2O2/c1-62-36-12-4-9-31-57(62)66-61-51(62)27-16-29-53(61)64(42-23-7-3-8-24-42)55-38-50(40-19-14-20-40)45-32-34-47-54(37-49(39-17-13-18-39)44-33-35-48(55)59(45)58(44)47)63(41-21-5-2-6-22-41)52-28-15-26-46-43-25-10-11-30-56(43)65-60(46)52/h2-12,15-16,21-30,32,34-40,44,57H,13-14,17-20,31,33H2,1H3/t44-,57?,62?/m0/s1. The first-order valence-corrected chi connectivity index (χ1v) is 24.4. The highest BCUT2D eigenvalue weighted by Gasteiger charge is 2.45. The molecule has 5 aliphatic carbocycles. The third-order valence-electron chi connectivity index (χ3n) is 16.3. The maximum absolute atomic E-state index is 7.18. The van der Waals surface area contributed by atoms with Gasteiger partial charge in [0.1, 0.15) is 17.4 Å². The molecule has 4 heteroatoms. The van der Waals surface area contributed by atoms with Crippen LogP contribution in [0.1, 0.15) is 86.8 Å². The van der Waals surface area contributed by atoms with E-state index < -0.39 is 0 Å². The number of hydrogen-bond donors (Lipinski definition) is 0. The van der Waals surface area contributed by atoms with Crippen molar-refractivity contribution in [3.63, 3.8) is 0 Å². The Hall–Kier alpha value is -7.04. The van der Waals surface area contributed by atoms with Gasteiger partial charge >= 0.3 is 0 Å². The predicted octanol–water partition coefficient (Wildman–Crippen LogP) is 15.0. The molecule has 0 bridgehead atoms. The monoisotopic (exact) mass is 856 g/mol. The van der Waals surface area contributed by atoms with Crippen LogP contribution in [0, 0.1) is 5.92 Å². The van der Waals surface area contributed by atoms with Crippen molar-refractivity contribution in [2.75, 3.05) is 9.80 Å². The van der Waals surface area contributed by atoms with Crippen molar-refractivity contribution in [2.45, 2.75) is 81.6 Å². The summed E-state index contributed by atoms with van der Waals surface area (Å²) < 4.78 is 14.0. The van der Waals surface area contributed by atoms with E-state index in [2.05, 4.69) is 193 Å². The number of anilines is 5. The zero-order valence-electron chi connectivity index (χ0n) is 37.4. The first-order valence-electron chi connectivity index (χ1n) is 24.4. The third-order valence-corrected chi connectivity index (χ3v) is 16.3. The fourth-order valence-electron chi connectivity index (χ4n) is 12.5. The Labute approximate surface area is 386 Å². The number of furan rings is 1. The maximum atomic E-state index is 7.18. The van der Waals surface area contributed by atoms with Gasteiger partial charge in [0.25, 0.3) is 0 Å². The van der Waals surface area contributed by atoms with Crippen LogP contribution in [-0.4, -0.2) is 6.10 Å². The zero-order valence-corrected chi connectivity index (χ0v) is 37.4. The van der Waals surface area contributed by atoms with Gasteiger partial charge < -0.3 is 19.0 Å². The summed E-state index contributed by atoms with van der Waals surface area (Å²) in [5, 5.41) is 7.80. The highest BCUT2D eigenvalue weighted by Crippen LogP contribution is 2.55.